The number of rotatable bonds is 5. The Bertz CT molecular complexity index is 506. The van der Waals surface area contributed by atoms with E-state index < -0.39 is 0 Å². The third kappa shape index (κ3) is 3.44. The molecule has 0 aromatic rings. The van der Waals surface area contributed by atoms with Gasteiger partial charge in [-0.3, -0.25) is 0 Å². The Hall–Kier alpha value is 0. The van der Waals surface area contributed by atoms with Crippen molar-refractivity contribution in [1.82, 2.24) is 0 Å². The van der Waals surface area contributed by atoms with Crippen molar-refractivity contribution in [3.63, 3.8) is 0 Å². The van der Waals surface area contributed by atoms with Crippen molar-refractivity contribution in [3.05, 3.63) is 0 Å². The van der Waals surface area contributed by atoms with Crippen LogP contribution in [0.25, 0.3) is 0 Å². The number of hydrogen-bond donors (Lipinski definition) is 0. The maximum atomic E-state index is 2.75. The minimum absolute atomic E-state index is 0.677. The van der Waals surface area contributed by atoms with Gasteiger partial charge in [0.05, 0.1) is 0 Å². The van der Waals surface area contributed by atoms with Gasteiger partial charge in [-0.05, 0) is 104 Å². The first kappa shape index (κ1) is 20.3. The predicted octanol–water partition coefficient (Wildman–Crippen LogP) is 8.50. The highest BCUT2D eigenvalue weighted by Crippen LogP contribution is 2.68. The van der Waals surface area contributed by atoms with Crippen molar-refractivity contribution >= 4 is 0 Å². The SMILES string of the molecule is CC(C)CCC[C@@H](C)C1CCC2C3CCC4CCCC[C@@]4(C)C3CC[C@]21C. The Morgan fingerprint density at radius 1 is 0.741 bits per heavy atom. The highest BCUT2D eigenvalue weighted by atomic mass is 14.6. The second-order valence-corrected chi connectivity index (χ2v) is 12.4. The van der Waals surface area contributed by atoms with E-state index in [4.69, 9.17) is 0 Å². The first-order chi connectivity index (χ1) is 12.9. The molecule has 4 aliphatic carbocycles. The molecule has 0 saturated heterocycles. The van der Waals surface area contributed by atoms with Gasteiger partial charge in [-0.1, -0.05) is 66.7 Å². The summed E-state index contributed by atoms with van der Waals surface area (Å²) in [6.45, 7) is 12.9. The molecule has 0 nitrogen and oxygen atoms in total. The number of fused-ring (bicyclic) bond motifs is 5. The van der Waals surface area contributed by atoms with Crippen LogP contribution in [0.5, 0.6) is 0 Å². The van der Waals surface area contributed by atoms with E-state index in [-0.39, 0.29) is 0 Å². The molecule has 0 aliphatic heterocycles. The summed E-state index contributed by atoms with van der Waals surface area (Å²) in [7, 11) is 0. The molecule has 0 heteroatoms. The summed E-state index contributed by atoms with van der Waals surface area (Å²) in [6, 6.07) is 0. The fourth-order valence-electron chi connectivity index (χ4n) is 9.32. The average Bonchev–Trinajstić information content (AvgIpc) is 2.98. The lowest BCUT2D eigenvalue weighted by Crippen LogP contribution is -2.53. The van der Waals surface area contributed by atoms with Gasteiger partial charge in [0.25, 0.3) is 0 Å². The Morgan fingerprint density at radius 2 is 1.52 bits per heavy atom. The lowest BCUT2D eigenvalue weighted by Gasteiger charge is -2.61. The van der Waals surface area contributed by atoms with E-state index >= 15 is 0 Å². The molecule has 4 fully saturated rings. The zero-order valence-electron chi connectivity index (χ0n) is 19.2. The second kappa shape index (κ2) is 7.68. The van der Waals surface area contributed by atoms with Crippen LogP contribution >= 0.6 is 0 Å². The Morgan fingerprint density at radius 3 is 2.30 bits per heavy atom. The molecule has 156 valence electrons. The molecule has 8 atom stereocenters. The molecule has 0 radical (unpaired) electrons. The van der Waals surface area contributed by atoms with E-state index in [9.17, 15) is 0 Å². The molecular weight excluding hydrogens is 324 g/mol. The molecule has 4 aliphatic rings. The Kier molecular flexibility index (Phi) is 5.77. The standard InChI is InChI=1S/C27H48/c1-19(2)9-8-10-20(3)23-14-15-24-22-13-12-21-11-6-7-17-26(21,4)25(22)16-18-27(23,24)5/h19-25H,6-18H2,1-5H3/t20-,21?,22?,23?,24?,25?,26-,27+/m1/s1. The molecule has 0 aromatic carbocycles. The molecule has 27 heavy (non-hydrogen) atoms. The Balaban J connectivity index is 1.46. The van der Waals surface area contributed by atoms with Crippen LogP contribution in [0.4, 0.5) is 0 Å². The largest absolute Gasteiger partial charge is 0.0628 e. The van der Waals surface area contributed by atoms with E-state index in [0.29, 0.717) is 10.8 Å². The Labute approximate surface area is 170 Å². The van der Waals surface area contributed by atoms with Crippen molar-refractivity contribution in [1.29, 1.82) is 0 Å². The molecule has 0 aromatic heterocycles. The molecule has 0 amide bonds. The predicted molar refractivity (Wildman–Crippen MR) is 118 cm³/mol. The minimum Gasteiger partial charge on any atom is -0.0628 e. The quantitative estimate of drug-likeness (QED) is 0.453. The zero-order chi connectivity index (χ0) is 19.2. The van der Waals surface area contributed by atoms with Crippen molar-refractivity contribution in [2.24, 2.45) is 52.3 Å². The van der Waals surface area contributed by atoms with Crippen molar-refractivity contribution in [2.45, 2.75) is 118 Å². The third-order valence-corrected chi connectivity index (χ3v) is 10.8. The molecule has 0 spiro atoms. The molecule has 4 saturated carbocycles. The van der Waals surface area contributed by atoms with Gasteiger partial charge in [0.1, 0.15) is 0 Å². The van der Waals surface area contributed by atoms with Crippen LogP contribution < -0.4 is 0 Å². The van der Waals surface area contributed by atoms with E-state index in [1.54, 1.807) is 51.4 Å². The van der Waals surface area contributed by atoms with Crippen LogP contribution in [-0.2, 0) is 0 Å². The van der Waals surface area contributed by atoms with Crippen molar-refractivity contribution < 1.29 is 0 Å². The summed E-state index contributed by atoms with van der Waals surface area (Å²) < 4.78 is 0. The van der Waals surface area contributed by atoms with Gasteiger partial charge in [-0.25, -0.2) is 0 Å². The maximum absolute atomic E-state index is 2.75. The van der Waals surface area contributed by atoms with Crippen LogP contribution in [0.3, 0.4) is 0 Å². The summed E-state index contributed by atoms with van der Waals surface area (Å²) in [6.07, 6.45) is 19.9. The van der Waals surface area contributed by atoms with Crippen LogP contribution in [-0.4, -0.2) is 0 Å². The van der Waals surface area contributed by atoms with Gasteiger partial charge >= 0.3 is 0 Å². The van der Waals surface area contributed by atoms with Gasteiger partial charge in [0.2, 0.25) is 0 Å². The normalized spacial score (nSPS) is 48.0. The fraction of sp³-hybridized carbons (Fsp3) is 1.00. The van der Waals surface area contributed by atoms with Gasteiger partial charge in [-0.15, -0.1) is 0 Å². The van der Waals surface area contributed by atoms with E-state index in [2.05, 4.69) is 34.6 Å². The monoisotopic (exact) mass is 372 g/mol. The summed E-state index contributed by atoms with van der Waals surface area (Å²) >= 11 is 0. The van der Waals surface area contributed by atoms with E-state index in [1.807, 2.05) is 0 Å². The zero-order valence-corrected chi connectivity index (χ0v) is 19.2. The molecule has 4 rings (SSSR count). The van der Waals surface area contributed by atoms with Crippen LogP contribution in [0.2, 0.25) is 0 Å². The maximum Gasteiger partial charge on any atom is -0.0264 e. The molecular formula is C27H48. The van der Waals surface area contributed by atoms with Crippen LogP contribution in [0.15, 0.2) is 0 Å². The highest BCUT2D eigenvalue weighted by Gasteiger charge is 2.59. The fourth-order valence-corrected chi connectivity index (χ4v) is 9.32. The summed E-state index contributed by atoms with van der Waals surface area (Å²) in [5, 5.41) is 0. The van der Waals surface area contributed by atoms with Crippen LogP contribution in [0.1, 0.15) is 118 Å². The lowest BCUT2D eigenvalue weighted by atomic mass is 9.44. The average molecular weight is 373 g/mol. The molecule has 0 heterocycles. The number of hydrogen-bond acceptors (Lipinski definition) is 0. The van der Waals surface area contributed by atoms with Gasteiger partial charge in [0, 0.05) is 0 Å². The third-order valence-electron chi connectivity index (χ3n) is 10.8. The van der Waals surface area contributed by atoms with Crippen molar-refractivity contribution in [3.8, 4) is 0 Å². The first-order valence-electron chi connectivity index (χ1n) is 12.9. The molecule has 0 N–H and O–H groups in total. The topological polar surface area (TPSA) is 0 Å². The smallest absolute Gasteiger partial charge is 0.0264 e. The summed E-state index contributed by atoms with van der Waals surface area (Å²) in [4.78, 5) is 0. The second-order valence-electron chi connectivity index (χ2n) is 12.4. The van der Waals surface area contributed by atoms with Gasteiger partial charge in [-0.2, -0.15) is 0 Å². The summed E-state index contributed by atoms with van der Waals surface area (Å²) in [5.41, 5.74) is 1.39. The summed E-state index contributed by atoms with van der Waals surface area (Å²) in [5.74, 6) is 7.15. The highest BCUT2D eigenvalue weighted by molar-refractivity contribution is 5.09. The first-order valence-corrected chi connectivity index (χ1v) is 12.9. The van der Waals surface area contributed by atoms with Crippen LogP contribution in [0, 0.1) is 52.3 Å². The molecule has 0 bridgehead atoms. The van der Waals surface area contributed by atoms with Crippen molar-refractivity contribution in [2.75, 3.05) is 0 Å². The lowest BCUT2D eigenvalue weighted by molar-refractivity contribution is -0.114. The van der Waals surface area contributed by atoms with E-state index in [1.165, 1.54) is 32.1 Å². The van der Waals surface area contributed by atoms with Gasteiger partial charge < -0.3 is 0 Å². The van der Waals surface area contributed by atoms with Gasteiger partial charge in [0.15, 0.2) is 0 Å². The molecule has 5 unspecified atom stereocenters. The minimum atomic E-state index is 0.677. The van der Waals surface area contributed by atoms with E-state index in [0.717, 1.165) is 41.4 Å².